The van der Waals surface area contributed by atoms with Crippen molar-refractivity contribution in [3.05, 3.63) is 23.5 Å². The van der Waals surface area contributed by atoms with Gasteiger partial charge in [0.25, 0.3) is 0 Å². The molecule has 82 valence electrons. The minimum absolute atomic E-state index is 0.129. The second kappa shape index (κ2) is 3.38. The number of aromatic nitrogens is 1. The molecule has 0 spiro atoms. The molecule has 0 aliphatic heterocycles. The van der Waals surface area contributed by atoms with Gasteiger partial charge in [0.15, 0.2) is 0 Å². The molecule has 1 aliphatic rings. The fourth-order valence-electron chi connectivity index (χ4n) is 1.92. The van der Waals surface area contributed by atoms with Crippen molar-refractivity contribution in [2.75, 3.05) is 13.7 Å². The third-order valence-electron chi connectivity index (χ3n) is 3.26. The Morgan fingerprint density at radius 2 is 2.33 bits per heavy atom. The standard InChI is InChI=1S/C11H16N2O2/c1-13-6-8(11(7-12)3-4-11)5-9(13)10(14)15-2/h5-6H,3-4,7,12H2,1-2H3. The van der Waals surface area contributed by atoms with Crippen LogP contribution in [0.5, 0.6) is 0 Å². The monoisotopic (exact) mass is 208 g/mol. The molecule has 0 aromatic carbocycles. The summed E-state index contributed by atoms with van der Waals surface area (Å²) < 4.78 is 6.51. The Kier molecular flexibility index (Phi) is 2.31. The number of carbonyl (C=O) groups excluding carboxylic acids is 1. The van der Waals surface area contributed by atoms with Gasteiger partial charge in [-0.25, -0.2) is 4.79 Å². The number of esters is 1. The lowest BCUT2D eigenvalue weighted by molar-refractivity contribution is 0.0590. The van der Waals surface area contributed by atoms with Gasteiger partial charge in [-0.1, -0.05) is 0 Å². The van der Waals surface area contributed by atoms with Crippen LogP contribution in [0.1, 0.15) is 28.9 Å². The topological polar surface area (TPSA) is 57.2 Å². The fourth-order valence-corrected chi connectivity index (χ4v) is 1.92. The maximum atomic E-state index is 11.4. The van der Waals surface area contributed by atoms with Crippen LogP contribution in [0.4, 0.5) is 0 Å². The van der Waals surface area contributed by atoms with Gasteiger partial charge in [-0.05, 0) is 24.5 Å². The number of nitrogens with two attached hydrogens (primary N) is 1. The highest BCUT2D eigenvalue weighted by Crippen LogP contribution is 2.47. The van der Waals surface area contributed by atoms with Crippen molar-refractivity contribution in [2.24, 2.45) is 12.8 Å². The zero-order chi connectivity index (χ0) is 11.1. The van der Waals surface area contributed by atoms with Crippen molar-refractivity contribution in [1.29, 1.82) is 0 Å². The molecule has 1 aromatic heterocycles. The predicted molar refractivity (Wildman–Crippen MR) is 56.7 cm³/mol. The minimum Gasteiger partial charge on any atom is -0.464 e. The number of aryl methyl sites for hydroxylation is 1. The number of carbonyl (C=O) groups is 1. The highest BCUT2D eigenvalue weighted by molar-refractivity contribution is 5.88. The summed E-state index contributed by atoms with van der Waals surface area (Å²) in [6, 6.07) is 1.89. The van der Waals surface area contributed by atoms with Gasteiger partial charge < -0.3 is 15.0 Å². The number of ether oxygens (including phenoxy) is 1. The summed E-state index contributed by atoms with van der Waals surface area (Å²) in [4.78, 5) is 11.4. The lowest BCUT2D eigenvalue weighted by Crippen LogP contribution is -2.18. The summed E-state index contributed by atoms with van der Waals surface area (Å²) in [6.07, 6.45) is 4.22. The Hall–Kier alpha value is -1.29. The van der Waals surface area contributed by atoms with E-state index in [1.807, 2.05) is 19.3 Å². The van der Waals surface area contributed by atoms with Crippen molar-refractivity contribution in [2.45, 2.75) is 18.3 Å². The van der Waals surface area contributed by atoms with Crippen molar-refractivity contribution < 1.29 is 9.53 Å². The molecule has 2 rings (SSSR count). The van der Waals surface area contributed by atoms with E-state index in [9.17, 15) is 4.79 Å². The van der Waals surface area contributed by atoms with Gasteiger partial charge in [-0.3, -0.25) is 0 Å². The van der Waals surface area contributed by atoms with Gasteiger partial charge in [0.05, 0.1) is 7.11 Å². The molecule has 1 saturated carbocycles. The lowest BCUT2D eigenvalue weighted by Gasteiger charge is -2.08. The summed E-state index contributed by atoms with van der Waals surface area (Å²) in [5.74, 6) is -0.295. The van der Waals surface area contributed by atoms with E-state index in [0.717, 1.165) is 18.4 Å². The lowest BCUT2D eigenvalue weighted by atomic mass is 9.99. The van der Waals surface area contributed by atoms with Gasteiger partial charge in [0.2, 0.25) is 0 Å². The van der Waals surface area contributed by atoms with Gasteiger partial charge >= 0.3 is 5.97 Å². The Balaban J connectivity index is 2.33. The van der Waals surface area contributed by atoms with Crippen LogP contribution in [0.25, 0.3) is 0 Å². The van der Waals surface area contributed by atoms with Crippen LogP contribution < -0.4 is 5.73 Å². The second-order valence-electron chi connectivity index (χ2n) is 4.20. The molecule has 1 aliphatic carbocycles. The van der Waals surface area contributed by atoms with Crippen LogP contribution in [0.15, 0.2) is 12.3 Å². The van der Waals surface area contributed by atoms with Gasteiger partial charge in [0.1, 0.15) is 5.69 Å². The first-order valence-corrected chi connectivity index (χ1v) is 5.08. The zero-order valence-corrected chi connectivity index (χ0v) is 9.12. The molecule has 2 N–H and O–H groups in total. The SMILES string of the molecule is COC(=O)c1cc(C2(CN)CC2)cn1C. The van der Waals surface area contributed by atoms with Crippen molar-refractivity contribution in [1.82, 2.24) is 4.57 Å². The second-order valence-corrected chi connectivity index (χ2v) is 4.20. The molecule has 0 radical (unpaired) electrons. The average molecular weight is 208 g/mol. The molecule has 0 saturated heterocycles. The number of methoxy groups -OCH3 is 1. The van der Waals surface area contributed by atoms with Crippen LogP contribution >= 0.6 is 0 Å². The maximum absolute atomic E-state index is 11.4. The van der Waals surface area contributed by atoms with Gasteiger partial charge in [-0.15, -0.1) is 0 Å². The van der Waals surface area contributed by atoms with E-state index in [0.29, 0.717) is 12.2 Å². The molecule has 0 unspecified atom stereocenters. The number of hydrogen-bond donors (Lipinski definition) is 1. The molecule has 1 heterocycles. The molecular weight excluding hydrogens is 192 g/mol. The molecule has 4 nitrogen and oxygen atoms in total. The molecule has 15 heavy (non-hydrogen) atoms. The fraction of sp³-hybridized carbons (Fsp3) is 0.545. The highest BCUT2D eigenvalue weighted by Gasteiger charge is 2.44. The smallest absolute Gasteiger partial charge is 0.354 e. The van der Waals surface area contributed by atoms with E-state index in [4.69, 9.17) is 10.5 Å². The Morgan fingerprint density at radius 1 is 1.67 bits per heavy atom. The summed E-state index contributed by atoms with van der Waals surface area (Å²) in [6.45, 7) is 0.650. The summed E-state index contributed by atoms with van der Waals surface area (Å²) in [7, 11) is 3.24. The first-order valence-electron chi connectivity index (χ1n) is 5.08. The molecule has 0 amide bonds. The summed E-state index contributed by atoms with van der Waals surface area (Å²) in [5, 5.41) is 0. The molecule has 1 fully saturated rings. The van der Waals surface area contributed by atoms with Crippen LogP contribution in [-0.2, 0) is 17.2 Å². The van der Waals surface area contributed by atoms with E-state index in [1.165, 1.54) is 7.11 Å². The van der Waals surface area contributed by atoms with Gasteiger partial charge in [-0.2, -0.15) is 0 Å². The number of hydrogen-bond acceptors (Lipinski definition) is 3. The predicted octanol–water partition coefficient (Wildman–Crippen LogP) is 0.802. The minimum atomic E-state index is -0.295. The van der Waals surface area contributed by atoms with E-state index in [2.05, 4.69) is 0 Å². The normalized spacial score (nSPS) is 17.5. The number of nitrogens with zero attached hydrogens (tertiary/aromatic N) is 1. The van der Waals surface area contributed by atoms with Crippen LogP contribution in [0, 0.1) is 0 Å². The molecule has 1 aromatic rings. The molecule has 0 bridgehead atoms. The average Bonchev–Trinajstić information content (AvgIpc) is 2.96. The Morgan fingerprint density at radius 3 is 2.80 bits per heavy atom. The Labute approximate surface area is 89.0 Å². The van der Waals surface area contributed by atoms with E-state index >= 15 is 0 Å². The van der Waals surface area contributed by atoms with Crippen LogP contribution in [-0.4, -0.2) is 24.2 Å². The largest absolute Gasteiger partial charge is 0.464 e. The third kappa shape index (κ3) is 1.55. The summed E-state index contributed by atoms with van der Waals surface area (Å²) >= 11 is 0. The first-order chi connectivity index (χ1) is 7.13. The first kappa shape index (κ1) is 10.2. The van der Waals surface area contributed by atoms with Crippen LogP contribution in [0.3, 0.4) is 0 Å². The van der Waals surface area contributed by atoms with E-state index in [1.54, 1.807) is 4.57 Å². The third-order valence-corrected chi connectivity index (χ3v) is 3.26. The van der Waals surface area contributed by atoms with Gasteiger partial charge in [0, 0.05) is 25.2 Å². The molecule has 0 atom stereocenters. The molecule has 4 heteroatoms. The Bertz CT molecular complexity index is 391. The molecular formula is C11H16N2O2. The zero-order valence-electron chi connectivity index (χ0n) is 9.12. The van der Waals surface area contributed by atoms with E-state index in [-0.39, 0.29) is 11.4 Å². The van der Waals surface area contributed by atoms with E-state index < -0.39 is 0 Å². The summed E-state index contributed by atoms with van der Waals surface area (Å²) in [5.41, 5.74) is 7.62. The van der Waals surface area contributed by atoms with Crippen molar-refractivity contribution in [3.8, 4) is 0 Å². The number of rotatable bonds is 3. The maximum Gasteiger partial charge on any atom is 0.354 e. The van der Waals surface area contributed by atoms with Crippen LogP contribution in [0.2, 0.25) is 0 Å². The quantitative estimate of drug-likeness (QED) is 0.747. The highest BCUT2D eigenvalue weighted by atomic mass is 16.5. The van der Waals surface area contributed by atoms with Crippen molar-refractivity contribution >= 4 is 5.97 Å². The van der Waals surface area contributed by atoms with Crippen molar-refractivity contribution in [3.63, 3.8) is 0 Å².